The molecule has 0 spiro atoms. The van der Waals surface area contributed by atoms with Crippen molar-refractivity contribution in [2.75, 3.05) is 19.6 Å². The minimum atomic E-state index is -4.49. The maximum absolute atomic E-state index is 13.0. The highest BCUT2D eigenvalue weighted by Crippen LogP contribution is 2.31. The average molecular weight is 472 g/mol. The van der Waals surface area contributed by atoms with E-state index in [9.17, 15) is 22.8 Å². The number of nitrogens with zero attached hydrogens (tertiary/aromatic N) is 4. The molecular weight excluding hydrogens is 449 g/mol. The number of carbonyl (C=O) groups excluding carboxylic acids is 2. The van der Waals surface area contributed by atoms with Crippen LogP contribution in [0.4, 0.5) is 13.2 Å². The Kier molecular flexibility index (Phi) is 6.41. The van der Waals surface area contributed by atoms with Gasteiger partial charge in [0.05, 0.1) is 12.0 Å². The van der Waals surface area contributed by atoms with E-state index < -0.39 is 11.7 Å². The number of aryl methyl sites for hydroxylation is 1. The van der Waals surface area contributed by atoms with Crippen LogP contribution in [-0.4, -0.2) is 57.4 Å². The molecule has 1 atom stereocenters. The summed E-state index contributed by atoms with van der Waals surface area (Å²) in [5, 5.41) is 3.75. The number of piperazine rings is 1. The summed E-state index contributed by atoms with van der Waals surface area (Å²) in [7, 11) is 0. The predicted octanol–water partition coefficient (Wildman–Crippen LogP) is 3.98. The summed E-state index contributed by atoms with van der Waals surface area (Å²) in [6.45, 7) is 4.88. The van der Waals surface area contributed by atoms with Crippen molar-refractivity contribution in [3.05, 3.63) is 71.0 Å². The van der Waals surface area contributed by atoms with Crippen LogP contribution < -0.4 is 0 Å². The van der Waals surface area contributed by atoms with Crippen LogP contribution in [-0.2, 0) is 17.4 Å². The summed E-state index contributed by atoms with van der Waals surface area (Å²) in [4.78, 5) is 33.2. The van der Waals surface area contributed by atoms with Gasteiger partial charge in [-0.05, 0) is 43.7 Å². The normalized spacial score (nSPS) is 16.6. The highest BCUT2D eigenvalue weighted by molar-refractivity contribution is 5.96. The first-order valence-corrected chi connectivity index (χ1v) is 10.8. The van der Waals surface area contributed by atoms with E-state index in [1.165, 1.54) is 12.1 Å². The molecule has 0 N–H and O–H groups in total. The quantitative estimate of drug-likeness (QED) is 0.574. The van der Waals surface area contributed by atoms with Crippen LogP contribution in [0.3, 0.4) is 0 Å². The van der Waals surface area contributed by atoms with Gasteiger partial charge in [0.1, 0.15) is 0 Å². The zero-order valence-electron chi connectivity index (χ0n) is 18.7. The minimum absolute atomic E-state index is 0.0680. The molecule has 1 fully saturated rings. The highest BCUT2D eigenvalue weighted by Gasteiger charge is 2.32. The number of rotatable bonds is 4. The Hall–Kier alpha value is -3.69. The first kappa shape index (κ1) is 23.5. The second kappa shape index (κ2) is 9.28. The molecule has 1 aliphatic rings. The lowest BCUT2D eigenvalue weighted by atomic mass is 10.1. The third kappa shape index (κ3) is 4.95. The van der Waals surface area contributed by atoms with Crippen LogP contribution in [0.2, 0.25) is 0 Å². The number of amides is 2. The second-order valence-corrected chi connectivity index (χ2v) is 8.27. The number of benzene rings is 2. The Morgan fingerprint density at radius 1 is 1.12 bits per heavy atom. The molecule has 1 saturated heterocycles. The number of carbonyl (C=O) groups is 2. The van der Waals surface area contributed by atoms with Crippen LogP contribution in [0.1, 0.15) is 34.2 Å². The van der Waals surface area contributed by atoms with Gasteiger partial charge in [-0.1, -0.05) is 29.4 Å². The molecule has 2 aromatic carbocycles. The number of aromatic nitrogens is 2. The summed E-state index contributed by atoms with van der Waals surface area (Å²) in [5.41, 5.74) is 0.834. The zero-order chi connectivity index (χ0) is 24.5. The molecule has 7 nitrogen and oxygen atoms in total. The van der Waals surface area contributed by atoms with Crippen LogP contribution in [0.25, 0.3) is 11.5 Å². The molecule has 1 aliphatic heterocycles. The Labute approximate surface area is 194 Å². The summed E-state index contributed by atoms with van der Waals surface area (Å²) >= 11 is 0. The molecule has 2 amide bonds. The van der Waals surface area contributed by atoms with E-state index in [0.29, 0.717) is 25.2 Å². The Bertz CT molecular complexity index is 1210. The first-order chi connectivity index (χ1) is 16.1. The standard InChI is InChI=1S/C24H23F3N4O3/c1-15-6-3-4-9-19(15)23(33)31-11-10-30(14-16(31)2)21(32)13-20-28-22(34-29-20)17-7-5-8-18(12-17)24(25,26)27/h3-9,12,16H,10-11,13-14H2,1-2H3. The molecule has 0 aliphatic carbocycles. The van der Waals surface area contributed by atoms with Crippen molar-refractivity contribution in [3.8, 4) is 11.5 Å². The lowest BCUT2D eigenvalue weighted by molar-refractivity contribution is -0.137. The lowest BCUT2D eigenvalue weighted by Gasteiger charge is -2.40. The molecule has 0 saturated carbocycles. The van der Waals surface area contributed by atoms with Gasteiger partial charge < -0.3 is 14.3 Å². The number of hydrogen-bond acceptors (Lipinski definition) is 5. The minimum Gasteiger partial charge on any atom is -0.338 e. The Morgan fingerprint density at radius 2 is 1.88 bits per heavy atom. The van der Waals surface area contributed by atoms with Gasteiger partial charge in [-0.15, -0.1) is 0 Å². The third-order valence-electron chi connectivity index (χ3n) is 5.83. The van der Waals surface area contributed by atoms with Crippen LogP contribution in [0.5, 0.6) is 0 Å². The van der Waals surface area contributed by atoms with Gasteiger partial charge in [0.25, 0.3) is 11.8 Å². The maximum atomic E-state index is 13.0. The highest BCUT2D eigenvalue weighted by atomic mass is 19.4. The second-order valence-electron chi connectivity index (χ2n) is 8.27. The van der Waals surface area contributed by atoms with Crippen LogP contribution in [0.15, 0.2) is 53.1 Å². The van der Waals surface area contributed by atoms with Crippen molar-refractivity contribution < 1.29 is 27.3 Å². The monoisotopic (exact) mass is 472 g/mol. The van der Waals surface area contributed by atoms with Gasteiger partial charge in [-0.3, -0.25) is 9.59 Å². The van der Waals surface area contributed by atoms with Crippen molar-refractivity contribution >= 4 is 11.8 Å². The molecule has 178 valence electrons. The van der Waals surface area contributed by atoms with Crippen molar-refractivity contribution in [1.29, 1.82) is 0 Å². The average Bonchev–Trinajstić information content (AvgIpc) is 3.27. The van der Waals surface area contributed by atoms with E-state index in [1.807, 2.05) is 32.0 Å². The van der Waals surface area contributed by atoms with Crippen molar-refractivity contribution in [1.82, 2.24) is 19.9 Å². The first-order valence-electron chi connectivity index (χ1n) is 10.8. The molecule has 1 unspecified atom stereocenters. The van der Waals surface area contributed by atoms with Gasteiger partial charge in [-0.2, -0.15) is 18.2 Å². The Morgan fingerprint density at radius 3 is 2.59 bits per heavy atom. The largest absolute Gasteiger partial charge is 0.416 e. The van der Waals surface area contributed by atoms with E-state index in [2.05, 4.69) is 10.1 Å². The summed E-state index contributed by atoms with van der Waals surface area (Å²) < 4.78 is 43.9. The fourth-order valence-electron chi connectivity index (χ4n) is 3.97. The SMILES string of the molecule is Cc1ccccc1C(=O)N1CCN(C(=O)Cc2noc(-c3cccc(C(F)(F)F)c3)n2)CC1C. The van der Waals surface area contributed by atoms with Gasteiger partial charge in [0, 0.05) is 36.8 Å². The topological polar surface area (TPSA) is 79.5 Å². The molecular formula is C24H23F3N4O3. The molecule has 2 heterocycles. The third-order valence-corrected chi connectivity index (χ3v) is 5.83. The van der Waals surface area contributed by atoms with Crippen molar-refractivity contribution in [2.24, 2.45) is 0 Å². The molecule has 0 bridgehead atoms. The number of hydrogen-bond donors (Lipinski definition) is 0. The molecule has 4 rings (SSSR count). The van der Waals surface area contributed by atoms with Gasteiger partial charge in [-0.25, -0.2) is 0 Å². The van der Waals surface area contributed by atoms with Crippen molar-refractivity contribution in [3.63, 3.8) is 0 Å². The Balaban J connectivity index is 1.39. The molecule has 1 aromatic heterocycles. The van der Waals surface area contributed by atoms with Crippen LogP contribution in [0, 0.1) is 6.92 Å². The summed E-state index contributed by atoms with van der Waals surface area (Å²) in [6.07, 6.45) is -4.64. The van der Waals surface area contributed by atoms with Crippen molar-refractivity contribution in [2.45, 2.75) is 32.5 Å². The van der Waals surface area contributed by atoms with Gasteiger partial charge in [0.15, 0.2) is 5.82 Å². The van der Waals surface area contributed by atoms with Gasteiger partial charge >= 0.3 is 6.18 Å². The van der Waals surface area contributed by atoms with E-state index in [-0.39, 0.29) is 41.6 Å². The van der Waals surface area contributed by atoms with E-state index >= 15 is 0 Å². The number of halogens is 3. The fraction of sp³-hybridized carbons (Fsp3) is 0.333. The maximum Gasteiger partial charge on any atom is 0.416 e. The zero-order valence-corrected chi connectivity index (χ0v) is 18.7. The molecule has 34 heavy (non-hydrogen) atoms. The van der Waals surface area contributed by atoms with E-state index in [1.54, 1.807) is 15.9 Å². The smallest absolute Gasteiger partial charge is 0.338 e. The lowest BCUT2D eigenvalue weighted by Crippen LogP contribution is -2.55. The molecule has 0 radical (unpaired) electrons. The van der Waals surface area contributed by atoms with E-state index in [4.69, 9.17) is 4.52 Å². The van der Waals surface area contributed by atoms with Crippen LogP contribution >= 0.6 is 0 Å². The molecule has 3 aromatic rings. The van der Waals surface area contributed by atoms with Gasteiger partial charge in [0.2, 0.25) is 5.91 Å². The molecule has 10 heteroatoms. The number of alkyl halides is 3. The summed E-state index contributed by atoms with van der Waals surface area (Å²) in [5.74, 6) is -0.313. The fourth-order valence-corrected chi connectivity index (χ4v) is 3.97. The van der Waals surface area contributed by atoms with E-state index in [0.717, 1.165) is 17.7 Å². The summed E-state index contributed by atoms with van der Waals surface area (Å²) in [6, 6.07) is 11.8. The predicted molar refractivity (Wildman–Crippen MR) is 117 cm³/mol.